The van der Waals surface area contributed by atoms with Crippen molar-refractivity contribution < 1.29 is 14.3 Å². The maximum atomic E-state index is 12.8. The molecule has 3 N–H and O–H groups in total. The highest BCUT2D eigenvalue weighted by Crippen LogP contribution is 2.29. The second-order valence-electron chi connectivity index (χ2n) is 5.08. The number of amides is 2. The standard InChI is InChI=1S/C17H15FN2O2S2/c18-12-1-3-13(4-2-12)20-17(22)19-9-14-5-6-15(24-14)16(21)11-7-8-23-10-11/h1-8,10,16,21H,9H2,(H2,19,20,22). The number of anilines is 1. The molecular weight excluding hydrogens is 347 g/mol. The summed E-state index contributed by atoms with van der Waals surface area (Å²) in [5.41, 5.74) is 1.39. The topological polar surface area (TPSA) is 61.4 Å². The van der Waals surface area contributed by atoms with E-state index in [1.807, 2.05) is 29.0 Å². The van der Waals surface area contributed by atoms with Crippen LogP contribution in [0.3, 0.4) is 0 Å². The van der Waals surface area contributed by atoms with Gasteiger partial charge in [0.2, 0.25) is 0 Å². The predicted octanol–water partition coefficient (Wildman–Crippen LogP) is 4.35. The number of thiophene rings is 2. The number of urea groups is 1. The van der Waals surface area contributed by atoms with E-state index in [-0.39, 0.29) is 11.8 Å². The average molecular weight is 362 g/mol. The summed E-state index contributed by atoms with van der Waals surface area (Å²) >= 11 is 2.99. The third-order valence-electron chi connectivity index (χ3n) is 3.34. The van der Waals surface area contributed by atoms with Crippen molar-refractivity contribution in [3.63, 3.8) is 0 Å². The Balaban J connectivity index is 1.53. The van der Waals surface area contributed by atoms with Gasteiger partial charge in [0.25, 0.3) is 0 Å². The van der Waals surface area contributed by atoms with Gasteiger partial charge in [-0.1, -0.05) is 0 Å². The van der Waals surface area contributed by atoms with Crippen molar-refractivity contribution in [2.75, 3.05) is 5.32 Å². The molecule has 24 heavy (non-hydrogen) atoms. The number of rotatable bonds is 5. The van der Waals surface area contributed by atoms with E-state index in [2.05, 4.69) is 10.6 Å². The van der Waals surface area contributed by atoms with E-state index < -0.39 is 6.10 Å². The van der Waals surface area contributed by atoms with Gasteiger partial charge in [-0.15, -0.1) is 11.3 Å². The summed E-state index contributed by atoms with van der Waals surface area (Å²) in [5.74, 6) is -0.351. The van der Waals surface area contributed by atoms with Gasteiger partial charge in [0.15, 0.2) is 0 Å². The number of carbonyl (C=O) groups is 1. The zero-order chi connectivity index (χ0) is 16.9. The van der Waals surface area contributed by atoms with Crippen LogP contribution in [0.2, 0.25) is 0 Å². The van der Waals surface area contributed by atoms with Crippen LogP contribution in [0.15, 0.2) is 53.2 Å². The third-order valence-corrected chi connectivity index (χ3v) is 5.18. The van der Waals surface area contributed by atoms with E-state index in [1.165, 1.54) is 35.6 Å². The minimum absolute atomic E-state index is 0.351. The Kier molecular flexibility index (Phi) is 5.24. The maximum absolute atomic E-state index is 12.8. The summed E-state index contributed by atoms with van der Waals surface area (Å²) in [4.78, 5) is 13.6. The number of nitrogens with one attached hydrogen (secondary N) is 2. The zero-order valence-corrected chi connectivity index (χ0v) is 14.2. The van der Waals surface area contributed by atoms with Gasteiger partial charge in [0, 0.05) is 15.4 Å². The van der Waals surface area contributed by atoms with E-state index in [9.17, 15) is 14.3 Å². The van der Waals surface area contributed by atoms with Gasteiger partial charge in [-0.25, -0.2) is 9.18 Å². The molecule has 0 aliphatic heterocycles. The van der Waals surface area contributed by atoms with Crippen molar-refractivity contribution >= 4 is 34.4 Å². The van der Waals surface area contributed by atoms with Crippen molar-refractivity contribution in [2.45, 2.75) is 12.6 Å². The number of hydrogen-bond donors (Lipinski definition) is 3. The second kappa shape index (κ2) is 7.57. The molecule has 7 heteroatoms. The maximum Gasteiger partial charge on any atom is 0.319 e. The molecule has 3 aromatic rings. The average Bonchev–Trinajstić information content (AvgIpc) is 3.26. The Morgan fingerprint density at radius 2 is 1.96 bits per heavy atom. The summed E-state index contributed by atoms with van der Waals surface area (Å²) in [7, 11) is 0. The second-order valence-corrected chi connectivity index (χ2v) is 7.06. The monoisotopic (exact) mass is 362 g/mol. The Hall–Kier alpha value is -2.22. The fraction of sp³-hybridized carbons (Fsp3) is 0.118. The van der Waals surface area contributed by atoms with Crippen molar-refractivity contribution in [2.24, 2.45) is 0 Å². The fourth-order valence-electron chi connectivity index (χ4n) is 2.11. The predicted molar refractivity (Wildman–Crippen MR) is 95.0 cm³/mol. The van der Waals surface area contributed by atoms with Crippen LogP contribution in [-0.2, 0) is 6.54 Å². The minimum atomic E-state index is -0.636. The summed E-state index contributed by atoms with van der Waals surface area (Å²) in [5, 5.41) is 19.5. The van der Waals surface area contributed by atoms with E-state index in [0.29, 0.717) is 12.2 Å². The number of hydrogen-bond acceptors (Lipinski definition) is 4. The largest absolute Gasteiger partial charge is 0.383 e. The molecule has 0 saturated heterocycles. The molecule has 1 aromatic carbocycles. The van der Waals surface area contributed by atoms with Crippen LogP contribution in [0, 0.1) is 5.82 Å². The highest BCUT2D eigenvalue weighted by Gasteiger charge is 2.13. The first-order chi connectivity index (χ1) is 11.6. The number of aliphatic hydroxyl groups excluding tert-OH is 1. The van der Waals surface area contributed by atoms with Crippen molar-refractivity contribution in [3.8, 4) is 0 Å². The quantitative estimate of drug-likeness (QED) is 0.632. The molecule has 2 aromatic heterocycles. The van der Waals surface area contributed by atoms with Crippen LogP contribution >= 0.6 is 22.7 Å². The molecule has 1 atom stereocenters. The molecule has 2 amide bonds. The Morgan fingerprint density at radius 1 is 1.17 bits per heavy atom. The third kappa shape index (κ3) is 4.19. The lowest BCUT2D eigenvalue weighted by atomic mass is 10.2. The molecule has 3 rings (SSSR count). The van der Waals surface area contributed by atoms with Crippen LogP contribution in [0.4, 0.5) is 14.9 Å². The molecule has 0 spiro atoms. The molecule has 124 valence electrons. The van der Waals surface area contributed by atoms with Crippen molar-refractivity contribution in [3.05, 3.63) is 74.4 Å². The fourth-order valence-corrected chi connectivity index (χ4v) is 3.75. The van der Waals surface area contributed by atoms with Gasteiger partial charge >= 0.3 is 6.03 Å². The minimum Gasteiger partial charge on any atom is -0.383 e. The van der Waals surface area contributed by atoms with Crippen molar-refractivity contribution in [1.29, 1.82) is 0 Å². The van der Waals surface area contributed by atoms with Gasteiger partial charge in [0.05, 0.1) is 6.54 Å². The van der Waals surface area contributed by atoms with Crippen LogP contribution in [0.5, 0.6) is 0 Å². The Labute approximate surface area is 146 Å². The summed E-state index contributed by atoms with van der Waals surface area (Å²) in [6.07, 6.45) is -0.636. The van der Waals surface area contributed by atoms with Gasteiger partial charge < -0.3 is 15.7 Å². The summed E-state index contributed by atoms with van der Waals surface area (Å²) < 4.78 is 12.8. The molecular formula is C17H15FN2O2S2. The first-order valence-corrected chi connectivity index (χ1v) is 8.97. The molecule has 0 saturated carbocycles. The molecule has 0 aliphatic carbocycles. The number of carbonyl (C=O) groups excluding carboxylic acids is 1. The van der Waals surface area contributed by atoms with Crippen molar-refractivity contribution in [1.82, 2.24) is 5.32 Å². The lowest BCUT2D eigenvalue weighted by Gasteiger charge is -2.07. The number of halogens is 1. The molecule has 0 fully saturated rings. The normalized spacial score (nSPS) is 11.9. The van der Waals surface area contributed by atoms with E-state index in [0.717, 1.165) is 15.3 Å². The highest BCUT2D eigenvalue weighted by molar-refractivity contribution is 7.12. The van der Waals surface area contributed by atoms with Crippen LogP contribution < -0.4 is 10.6 Å². The first kappa shape index (κ1) is 16.6. The zero-order valence-electron chi connectivity index (χ0n) is 12.5. The highest BCUT2D eigenvalue weighted by atomic mass is 32.1. The van der Waals surface area contributed by atoms with Crippen LogP contribution in [0.25, 0.3) is 0 Å². The van der Waals surface area contributed by atoms with Gasteiger partial charge in [-0.3, -0.25) is 0 Å². The van der Waals surface area contributed by atoms with E-state index >= 15 is 0 Å². The summed E-state index contributed by atoms with van der Waals surface area (Å²) in [6, 6.07) is 10.8. The summed E-state index contributed by atoms with van der Waals surface area (Å²) in [6.45, 7) is 0.355. The lowest BCUT2D eigenvalue weighted by Crippen LogP contribution is -2.27. The smallest absolute Gasteiger partial charge is 0.319 e. The van der Waals surface area contributed by atoms with Gasteiger partial charge in [0.1, 0.15) is 11.9 Å². The van der Waals surface area contributed by atoms with Crippen LogP contribution in [0.1, 0.15) is 21.4 Å². The van der Waals surface area contributed by atoms with E-state index in [4.69, 9.17) is 0 Å². The molecule has 2 heterocycles. The Morgan fingerprint density at radius 3 is 2.67 bits per heavy atom. The molecule has 0 aliphatic rings. The lowest BCUT2D eigenvalue weighted by molar-refractivity contribution is 0.224. The molecule has 1 unspecified atom stereocenters. The molecule has 0 bridgehead atoms. The Bertz CT molecular complexity index is 800. The molecule has 0 radical (unpaired) electrons. The molecule has 4 nitrogen and oxygen atoms in total. The van der Waals surface area contributed by atoms with Crippen LogP contribution in [-0.4, -0.2) is 11.1 Å². The van der Waals surface area contributed by atoms with Gasteiger partial charge in [-0.2, -0.15) is 11.3 Å². The number of benzene rings is 1. The SMILES string of the molecule is O=C(NCc1ccc(C(O)c2ccsc2)s1)Nc1ccc(F)cc1. The number of aliphatic hydroxyl groups is 1. The van der Waals surface area contributed by atoms with E-state index in [1.54, 1.807) is 11.3 Å². The first-order valence-electron chi connectivity index (χ1n) is 7.21. The van der Waals surface area contributed by atoms with Gasteiger partial charge in [-0.05, 0) is 58.8 Å².